The molecule has 150 valence electrons. The number of aromatic nitrogens is 2. The second-order valence-electron chi connectivity index (χ2n) is 7.42. The minimum Gasteiger partial charge on any atom is -0.378 e. The fraction of sp³-hybridized carbons (Fsp3) is 0.500. The van der Waals surface area contributed by atoms with E-state index in [2.05, 4.69) is 49.0 Å². The fourth-order valence-corrected chi connectivity index (χ4v) is 4.30. The van der Waals surface area contributed by atoms with Gasteiger partial charge in [-0.2, -0.15) is 0 Å². The van der Waals surface area contributed by atoms with E-state index in [1.807, 2.05) is 19.2 Å². The molecule has 1 N–H and O–H groups in total. The molecule has 2 aromatic heterocycles. The monoisotopic (exact) mass is 447 g/mol. The van der Waals surface area contributed by atoms with Gasteiger partial charge in [0, 0.05) is 42.9 Å². The third-order valence-electron chi connectivity index (χ3n) is 5.53. The summed E-state index contributed by atoms with van der Waals surface area (Å²) in [5.41, 5.74) is 1.57. The molecule has 0 aliphatic carbocycles. The highest BCUT2D eigenvalue weighted by Crippen LogP contribution is 2.24. The first-order valence-electron chi connectivity index (χ1n) is 9.76. The van der Waals surface area contributed by atoms with Crippen LogP contribution in [-0.2, 0) is 11.3 Å². The Labute approximate surface area is 173 Å². The van der Waals surface area contributed by atoms with Gasteiger partial charge < -0.3 is 19.5 Å². The Balaban J connectivity index is 1.44. The molecule has 0 radical (unpaired) electrons. The van der Waals surface area contributed by atoms with Crippen molar-refractivity contribution in [3.8, 4) is 0 Å². The van der Waals surface area contributed by atoms with E-state index in [1.165, 1.54) is 0 Å². The lowest BCUT2D eigenvalue weighted by Gasteiger charge is -2.46. The molecule has 1 atom stereocenters. The molecule has 2 aliphatic rings. The number of halogens is 1. The average Bonchev–Trinajstić information content (AvgIpc) is 2.64. The maximum atomic E-state index is 12.5. The lowest BCUT2D eigenvalue weighted by molar-refractivity contribution is -0.0691. The quantitative estimate of drug-likeness (QED) is 0.759. The van der Waals surface area contributed by atoms with Crippen LogP contribution < -0.4 is 15.8 Å². The molecule has 0 spiro atoms. The summed E-state index contributed by atoms with van der Waals surface area (Å²) in [5, 5.41) is 3.15. The summed E-state index contributed by atoms with van der Waals surface area (Å²) >= 11 is 3.46. The summed E-state index contributed by atoms with van der Waals surface area (Å²) in [6, 6.07) is 6.81. The first-order valence-corrected chi connectivity index (χ1v) is 10.6. The number of hydrogen-bond donors (Lipinski definition) is 1. The summed E-state index contributed by atoms with van der Waals surface area (Å²) in [6.07, 6.45) is 3.68. The maximum Gasteiger partial charge on any atom is 0.274 e. The van der Waals surface area contributed by atoms with E-state index in [0.717, 1.165) is 43.0 Å². The van der Waals surface area contributed by atoms with Gasteiger partial charge in [-0.25, -0.2) is 4.98 Å². The van der Waals surface area contributed by atoms with Crippen LogP contribution in [0.2, 0.25) is 0 Å². The van der Waals surface area contributed by atoms with Crippen LogP contribution in [0.5, 0.6) is 0 Å². The Morgan fingerprint density at radius 3 is 2.75 bits per heavy atom. The van der Waals surface area contributed by atoms with Crippen molar-refractivity contribution in [3.63, 3.8) is 0 Å². The molecule has 7 nitrogen and oxygen atoms in total. The number of rotatable bonds is 5. The van der Waals surface area contributed by atoms with Crippen LogP contribution in [-0.4, -0.2) is 59.4 Å². The summed E-state index contributed by atoms with van der Waals surface area (Å²) < 4.78 is 7.85. The molecule has 2 aromatic rings. The highest BCUT2D eigenvalue weighted by Gasteiger charge is 2.32. The SMILES string of the molecule is CCn1cc(Br)cc(Nc2ccc(N3CCN(C4COC4)C[C@@H]3C)cn2)c1=O. The molecule has 0 saturated carbocycles. The van der Waals surface area contributed by atoms with E-state index >= 15 is 0 Å². The Morgan fingerprint density at radius 2 is 2.14 bits per heavy atom. The Bertz CT molecular complexity index is 881. The van der Waals surface area contributed by atoms with Crippen molar-refractivity contribution in [2.24, 2.45) is 0 Å². The fourth-order valence-electron chi connectivity index (χ4n) is 3.83. The lowest BCUT2D eigenvalue weighted by Crippen LogP contribution is -2.59. The summed E-state index contributed by atoms with van der Waals surface area (Å²) in [7, 11) is 0. The normalized spacial score (nSPS) is 20.8. The molecule has 0 aromatic carbocycles. The zero-order valence-corrected chi connectivity index (χ0v) is 17.9. The van der Waals surface area contributed by atoms with Crippen LogP contribution in [0.4, 0.5) is 17.2 Å². The van der Waals surface area contributed by atoms with Crippen molar-refractivity contribution < 1.29 is 4.74 Å². The molecule has 0 unspecified atom stereocenters. The standard InChI is InChI=1S/C20H26BrN5O2/c1-3-24-11-15(21)8-18(20(24)27)23-19-5-4-16(9-22-19)26-7-6-25(10-14(26)2)17-12-28-13-17/h4-5,8-9,11,14,17H,3,6-7,10,12-13H2,1-2H3,(H,22,23)/t14-/m0/s1. The van der Waals surface area contributed by atoms with Gasteiger partial charge in [0.1, 0.15) is 11.5 Å². The number of ether oxygens (including phenoxy) is 1. The molecule has 0 amide bonds. The van der Waals surface area contributed by atoms with Gasteiger partial charge in [-0.1, -0.05) is 0 Å². The van der Waals surface area contributed by atoms with Gasteiger partial charge in [0.15, 0.2) is 0 Å². The van der Waals surface area contributed by atoms with Gasteiger partial charge in [-0.3, -0.25) is 9.69 Å². The first kappa shape index (κ1) is 19.4. The Kier molecular flexibility index (Phi) is 5.70. The largest absolute Gasteiger partial charge is 0.378 e. The van der Waals surface area contributed by atoms with Gasteiger partial charge in [0.25, 0.3) is 5.56 Å². The third kappa shape index (κ3) is 3.94. The number of piperazine rings is 1. The number of anilines is 3. The predicted octanol–water partition coefficient (Wildman–Crippen LogP) is 2.68. The van der Waals surface area contributed by atoms with Crippen LogP contribution in [0.25, 0.3) is 0 Å². The minimum atomic E-state index is -0.0544. The molecule has 2 fully saturated rings. The smallest absolute Gasteiger partial charge is 0.274 e. The van der Waals surface area contributed by atoms with Crippen LogP contribution in [0, 0.1) is 0 Å². The number of nitrogens with zero attached hydrogens (tertiary/aromatic N) is 4. The summed E-state index contributed by atoms with van der Waals surface area (Å²) in [6.45, 7) is 9.63. The molecule has 4 rings (SSSR count). The second kappa shape index (κ2) is 8.23. The van der Waals surface area contributed by atoms with Crippen LogP contribution in [0.3, 0.4) is 0 Å². The zero-order chi connectivity index (χ0) is 19.7. The Morgan fingerprint density at radius 1 is 1.32 bits per heavy atom. The van der Waals surface area contributed by atoms with Crippen molar-refractivity contribution >= 4 is 33.1 Å². The van der Waals surface area contributed by atoms with Crippen molar-refractivity contribution in [1.29, 1.82) is 0 Å². The van der Waals surface area contributed by atoms with E-state index in [-0.39, 0.29) is 5.56 Å². The molecule has 8 heteroatoms. The molecule has 0 bridgehead atoms. The highest BCUT2D eigenvalue weighted by atomic mass is 79.9. The van der Waals surface area contributed by atoms with Crippen molar-refractivity contribution in [3.05, 3.63) is 45.4 Å². The first-order chi connectivity index (χ1) is 13.5. The molecule has 2 saturated heterocycles. The van der Waals surface area contributed by atoms with Gasteiger partial charge in [-0.05, 0) is 48.0 Å². The molecular weight excluding hydrogens is 422 g/mol. The number of aryl methyl sites for hydroxylation is 1. The average molecular weight is 448 g/mol. The molecule has 4 heterocycles. The topological polar surface area (TPSA) is 62.6 Å². The second-order valence-corrected chi connectivity index (χ2v) is 8.33. The zero-order valence-electron chi connectivity index (χ0n) is 16.3. The van der Waals surface area contributed by atoms with Crippen LogP contribution in [0.1, 0.15) is 13.8 Å². The predicted molar refractivity (Wildman–Crippen MR) is 115 cm³/mol. The van der Waals surface area contributed by atoms with Crippen LogP contribution >= 0.6 is 15.9 Å². The minimum absolute atomic E-state index is 0.0544. The van der Waals surface area contributed by atoms with Crippen molar-refractivity contribution in [2.45, 2.75) is 32.5 Å². The molecule has 2 aliphatic heterocycles. The van der Waals surface area contributed by atoms with E-state index in [0.29, 0.717) is 30.1 Å². The maximum absolute atomic E-state index is 12.5. The lowest BCUT2D eigenvalue weighted by atomic mass is 10.1. The van der Waals surface area contributed by atoms with E-state index in [9.17, 15) is 4.79 Å². The number of nitrogens with one attached hydrogen (secondary N) is 1. The number of hydrogen-bond acceptors (Lipinski definition) is 6. The van der Waals surface area contributed by atoms with Gasteiger partial charge in [0.2, 0.25) is 0 Å². The van der Waals surface area contributed by atoms with Crippen molar-refractivity contribution in [1.82, 2.24) is 14.5 Å². The highest BCUT2D eigenvalue weighted by molar-refractivity contribution is 9.10. The Hall–Kier alpha value is -1.90. The van der Waals surface area contributed by atoms with Gasteiger partial charge >= 0.3 is 0 Å². The van der Waals surface area contributed by atoms with Crippen LogP contribution in [0.15, 0.2) is 39.9 Å². The van der Waals surface area contributed by atoms with E-state index < -0.39 is 0 Å². The number of pyridine rings is 2. The van der Waals surface area contributed by atoms with Crippen molar-refractivity contribution in [2.75, 3.05) is 43.1 Å². The molecular formula is C20H26BrN5O2. The summed E-state index contributed by atoms with van der Waals surface area (Å²) in [5.74, 6) is 0.666. The van der Waals surface area contributed by atoms with Gasteiger partial charge in [-0.15, -0.1) is 0 Å². The third-order valence-corrected chi connectivity index (χ3v) is 5.97. The molecule has 28 heavy (non-hydrogen) atoms. The van der Waals surface area contributed by atoms with E-state index in [1.54, 1.807) is 16.8 Å². The summed E-state index contributed by atoms with van der Waals surface area (Å²) in [4.78, 5) is 21.9. The van der Waals surface area contributed by atoms with E-state index in [4.69, 9.17) is 4.74 Å². The van der Waals surface area contributed by atoms with Gasteiger partial charge in [0.05, 0.1) is 31.1 Å².